The SMILES string of the molecule is CC.CC.CCOC(=O)C(C)C(C)C(C)=O. The highest BCUT2D eigenvalue weighted by Crippen LogP contribution is 2.13. The molecular formula is C13H28O3. The van der Waals surface area contributed by atoms with E-state index in [1.165, 1.54) is 6.92 Å². The van der Waals surface area contributed by atoms with E-state index in [0.717, 1.165) is 0 Å². The van der Waals surface area contributed by atoms with E-state index in [0.29, 0.717) is 6.61 Å². The number of carbonyl (C=O) groups is 2. The van der Waals surface area contributed by atoms with E-state index in [9.17, 15) is 9.59 Å². The summed E-state index contributed by atoms with van der Waals surface area (Å²) in [6, 6.07) is 0. The molecule has 0 N–H and O–H groups in total. The predicted molar refractivity (Wildman–Crippen MR) is 68.3 cm³/mol. The largest absolute Gasteiger partial charge is 0.466 e. The Labute approximate surface area is 101 Å². The molecule has 98 valence electrons. The molecule has 0 saturated heterocycles. The van der Waals surface area contributed by atoms with E-state index in [2.05, 4.69) is 0 Å². The molecule has 0 aliphatic carbocycles. The number of rotatable bonds is 4. The second-order valence-electron chi connectivity index (χ2n) is 2.94. The van der Waals surface area contributed by atoms with Crippen LogP contribution in [0.2, 0.25) is 0 Å². The van der Waals surface area contributed by atoms with Gasteiger partial charge in [0.25, 0.3) is 0 Å². The molecule has 0 aromatic carbocycles. The highest BCUT2D eigenvalue weighted by atomic mass is 16.5. The first-order valence-corrected chi connectivity index (χ1v) is 6.17. The lowest BCUT2D eigenvalue weighted by molar-refractivity contribution is -0.151. The van der Waals surface area contributed by atoms with Crippen LogP contribution in [0.15, 0.2) is 0 Å². The topological polar surface area (TPSA) is 43.4 Å². The average Bonchev–Trinajstić information content (AvgIpc) is 2.32. The molecular weight excluding hydrogens is 204 g/mol. The van der Waals surface area contributed by atoms with Gasteiger partial charge in [-0.25, -0.2) is 0 Å². The second-order valence-corrected chi connectivity index (χ2v) is 2.94. The Bertz CT molecular complexity index is 176. The summed E-state index contributed by atoms with van der Waals surface area (Å²) in [5.74, 6) is -0.845. The normalized spacial score (nSPS) is 12.0. The van der Waals surface area contributed by atoms with Crippen molar-refractivity contribution in [3.05, 3.63) is 0 Å². The molecule has 0 rings (SSSR count). The third-order valence-electron chi connectivity index (χ3n) is 2.05. The first-order valence-electron chi connectivity index (χ1n) is 6.17. The Hall–Kier alpha value is -0.860. The lowest BCUT2D eigenvalue weighted by Gasteiger charge is -2.14. The van der Waals surface area contributed by atoms with Gasteiger partial charge in [-0.3, -0.25) is 9.59 Å². The van der Waals surface area contributed by atoms with E-state index in [1.54, 1.807) is 20.8 Å². The summed E-state index contributed by atoms with van der Waals surface area (Å²) in [5.41, 5.74) is 0. The summed E-state index contributed by atoms with van der Waals surface area (Å²) < 4.78 is 4.78. The van der Waals surface area contributed by atoms with Crippen LogP contribution < -0.4 is 0 Å². The number of hydrogen-bond acceptors (Lipinski definition) is 3. The molecule has 0 saturated carbocycles. The number of ether oxygens (including phenoxy) is 1. The van der Waals surface area contributed by atoms with Gasteiger partial charge >= 0.3 is 5.97 Å². The maximum Gasteiger partial charge on any atom is 0.309 e. The van der Waals surface area contributed by atoms with E-state index in [1.807, 2.05) is 27.7 Å². The number of carbonyl (C=O) groups excluding carboxylic acids is 2. The molecule has 2 unspecified atom stereocenters. The number of hydrogen-bond donors (Lipinski definition) is 0. The Balaban J connectivity index is -0.000000376. The van der Waals surface area contributed by atoms with Crippen molar-refractivity contribution in [2.75, 3.05) is 6.61 Å². The first kappa shape index (κ1) is 20.5. The van der Waals surface area contributed by atoms with Crippen molar-refractivity contribution in [1.29, 1.82) is 0 Å². The molecule has 16 heavy (non-hydrogen) atoms. The van der Waals surface area contributed by atoms with Gasteiger partial charge in [0.1, 0.15) is 5.78 Å². The quantitative estimate of drug-likeness (QED) is 0.697. The molecule has 0 aliphatic heterocycles. The second kappa shape index (κ2) is 14.1. The fraction of sp³-hybridized carbons (Fsp3) is 0.846. The van der Waals surface area contributed by atoms with Crippen LogP contribution >= 0.6 is 0 Å². The van der Waals surface area contributed by atoms with Crippen molar-refractivity contribution in [2.24, 2.45) is 11.8 Å². The van der Waals surface area contributed by atoms with E-state index < -0.39 is 0 Å². The summed E-state index contributed by atoms with van der Waals surface area (Å²) in [7, 11) is 0. The molecule has 0 bridgehead atoms. The standard InChI is InChI=1S/C9H16O3.2C2H6/c1-5-12-9(11)7(3)6(2)8(4)10;2*1-2/h6-7H,5H2,1-4H3;2*1-2H3. The smallest absolute Gasteiger partial charge is 0.309 e. The van der Waals surface area contributed by atoms with Crippen molar-refractivity contribution in [3.8, 4) is 0 Å². The molecule has 0 aromatic heterocycles. The fourth-order valence-corrected chi connectivity index (χ4v) is 0.830. The summed E-state index contributed by atoms with van der Waals surface area (Å²) in [5, 5.41) is 0. The monoisotopic (exact) mass is 232 g/mol. The van der Waals surface area contributed by atoms with Gasteiger partial charge < -0.3 is 4.74 Å². The first-order chi connectivity index (χ1) is 7.50. The van der Waals surface area contributed by atoms with Crippen molar-refractivity contribution >= 4 is 11.8 Å². The zero-order valence-electron chi connectivity index (χ0n) is 12.1. The van der Waals surface area contributed by atoms with Gasteiger partial charge in [-0.05, 0) is 13.8 Å². The van der Waals surface area contributed by atoms with Crippen LogP contribution in [0.4, 0.5) is 0 Å². The Kier molecular flexibility index (Phi) is 18.2. The van der Waals surface area contributed by atoms with Gasteiger partial charge in [0.2, 0.25) is 0 Å². The molecule has 3 heteroatoms. The van der Waals surface area contributed by atoms with Gasteiger partial charge in [-0.2, -0.15) is 0 Å². The molecule has 0 radical (unpaired) electrons. The maximum absolute atomic E-state index is 11.1. The number of Topliss-reactive ketones (excluding diaryl/α,β-unsaturated/α-hetero) is 1. The zero-order valence-corrected chi connectivity index (χ0v) is 12.1. The third kappa shape index (κ3) is 9.69. The van der Waals surface area contributed by atoms with Crippen molar-refractivity contribution < 1.29 is 14.3 Å². The summed E-state index contributed by atoms with van der Waals surface area (Å²) in [4.78, 5) is 22.0. The molecule has 0 spiro atoms. The van der Waals surface area contributed by atoms with Crippen LogP contribution in [-0.4, -0.2) is 18.4 Å². The molecule has 2 atom stereocenters. The molecule has 0 amide bonds. The van der Waals surface area contributed by atoms with Crippen molar-refractivity contribution in [2.45, 2.75) is 55.4 Å². The highest BCUT2D eigenvalue weighted by molar-refractivity contribution is 5.84. The molecule has 0 fully saturated rings. The van der Waals surface area contributed by atoms with Gasteiger partial charge in [-0.1, -0.05) is 41.5 Å². The minimum atomic E-state index is -0.331. The van der Waals surface area contributed by atoms with Gasteiger partial charge in [0, 0.05) is 5.92 Å². The highest BCUT2D eigenvalue weighted by Gasteiger charge is 2.24. The van der Waals surface area contributed by atoms with Crippen molar-refractivity contribution in [3.63, 3.8) is 0 Å². The van der Waals surface area contributed by atoms with Gasteiger partial charge in [-0.15, -0.1) is 0 Å². The van der Waals surface area contributed by atoms with E-state index >= 15 is 0 Å². The van der Waals surface area contributed by atoms with Gasteiger partial charge in [0.15, 0.2) is 0 Å². The van der Waals surface area contributed by atoms with E-state index in [4.69, 9.17) is 4.74 Å². The lowest BCUT2D eigenvalue weighted by Crippen LogP contribution is -2.25. The average molecular weight is 232 g/mol. The molecule has 0 heterocycles. The predicted octanol–water partition coefficient (Wildman–Crippen LogP) is 3.46. The molecule has 0 aromatic rings. The minimum absolute atomic E-state index is 0.0237. The maximum atomic E-state index is 11.1. The van der Waals surface area contributed by atoms with Crippen LogP contribution in [-0.2, 0) is 14.3 Å². The summed E-state index contributed by atoms with van der Waals surface area (Å²) in [6.45, 7) is 15.1. The lowest BCUT2D eigenvalue weighted by atomic mass is 9.93. The van der Waals surface area contributed by atoms with Crippen LogP contribution in [0.3, 0.4) is 0 Å². The fourth-order valence-electron chi connectivity index (χ4n) is 0.830. The Morgan fingerprint density at radius 1 is 1.00 bits per heavy atom. The Morgan fingerprint density at radius 3 is 1.62 bits per heavy atom. The minimum Gasteiger partial charge on any atom is -0.466 e. The van der Waals surface area contributed by atoms with Crippen molar-refractivity contribution in [1.82, 2.24) is 0 Å². The van der Waals surface area contributed by atoms with Crippen LogP contribution in [0.1, 0.15) is 55.4 Å². The molecule has 3 nitrogen and oxygen atoms in total. The third-order valence-corrected chi connectivity index (χ3v) is 2.05. The van der Waals surface area contributed by atoms with Crippen LogP contribution in [0.25, 0.3) is 0 Å². The number of ketones is 1. The summed E-state index contributed by atoms with van der Waals surface area (Å²) in [6.07, 6.45) is 0. The van der Waals surface area contributed by atoms with Gasteiger partial charge in [0.05, 0.1) is 12.5 Å². The summed E-state index contributed by atoms with van der Waals surface area (Å²) >= 11 is 0. The Morgan fingerprint density at radius 2 is 1.38 bits per heavy atom. The van der Waals surface area contributed by atoms with Crippen LogP contribution in [0, 0.1) is 11.8 Å². The van der Waals surface area contributed by atoms with Crippen LogP contribution in [0.5, 0.6) is 0 Å². The zero-order chi connectivity index (χ0) is 13.7. The molecule has 0 aliphatic rings. The van der Waals surface area contributed by atoms with E-state index in [-0.39, 0.29) is 23.6 Å². The number of esters is 1.